The Morgan fingerprint density at radius 1 is 1.36 bits per heavy atom. The van der Waals surface area contributed by atoms with Crippen LogP contribution >= 0.6 is 11.3 Å². The first-order chi connectivity index (χ1) is 12.0. The molecule has 0 radical (unpaired) electrons. The first-order valence-corrected chi connectivity index (χ1v) is 8.71. The van der Waals surface area contributed by atoms with Crippen molar-refractivity contribution in [1.29, 1.82) is 0 Å². The lowest BCUT2D eigenvalue weighted by atomic mass is 10.1. The summed E-state index contributed by atoms with van der Waals surface area (Å²) in [5, 5.41) is 8.31. The van der Waals surface area contributed by atoms with E-state index in [2.05, 4.69) is 26.4 Å². The Morgan fingerprint density at radius 2 is 2.16 bits per heavy atom. The van der Waals surface area contributed by atoms with Crippen molar-refractivity contribution in [3.05, 3.63) is 51.9 Å². The number of anilines is 1. The van der Waals surface area contributed by atoms with Crippen LogP contribution in [0.15, 0.2) is 35.1 Å². The number of benzene rings is 1. The molecule has 2 heterocycles. The third-order valence-corrected chi connectivity index (χ3v) is 4.79. The average molecular weight is 359 g/mol. The summed E-state index contributed by atoms with van der Waals surface area (Å²) in [6, 6.07) is 9.62. The number of rotatable bonds is 6. The van der Waals surface area contributed by atoms with Gasteiger partial charge in [-0.2, -0.15) is 4.52 Å². The number of fused-ring (bicyclic) bond motifs is 1. The molecule has 3 aromatic rings. The summed E-state index contributed by atoms with van der Waals surface area (Å²) >= 11 is 1.37. The topological polar surface area (TPSA) is 71.8 Å². The Kier molecular flexibility index (Phi) is 5.00. The molecule has 0 amide bonds. The Morgan fingerprint density at radius 3 is 2.88 bits per heavy atom. The van der Waals surface area contributed by atoms with Gasteiger partial charge < -0.3 is 15.0 Å². The van der Waals surface area contributed by atoms with Crippen molar-refractivity contribution in [3.63, 3.8) is 0 Å². The molecule has 1 atom stereocenters. The molecule has 0 aliphatic rings. The highest BCUT2D eigenvalue weighted by Gasteiger charge is 2.16. The summed E-state index contributed by atoms with van der Waals surface area (Å²) in [6.07, 6.45) is 0. The fourth-order valence-electron chi connectivity index (χ4n) is 2.62. The summed E-state index contributed by atoms with van der Waals surface area (Å²) < 4.78 is 6.65. The van der Waals surface area contributed by atoms with Crippen molar-refractivity contribution in [2.24, 2.45) is 0 Å². The van der Waals surface area contributed by atoms with Crippen molar-refractivity contribution in [3.8, 4) is 5.75 Å². The lowest BCUT2D eigenvalue weighted by Crippen LogP contribution is -2.27. The Hall–Kier alpha value is -2.45. The SMILES string of the molecule is COc1cccc(C(CNc2nn3c(=O)cc(C)nc3s2)N(C)C)c1. The first-order valence-electron chi connectivity index (χ1n) is 7.89. The Balaban J connectivity index is 1.82. The van der Waals surface area contributed by atoms with E-state index in [0.29, 0.717) is 22.3 Å². The third kappa shape index (κ3) is 3.80. The zero-order chi connectivity index (χ0) is 18.0. The van der Waals surface area contributed by atoms with Gasteiger partial charge in [0.2, 0.25) is 10.1 Å². The molecule has 8 heteroatoms. The highest BCUT2D eigenvalue weighted by atomic mass is 32.1. The van der Waals surface area contributed by atoms with Crippen molar-refractivity contribution >= 4 is 21.4 Å². The molecule has 0 aliphatic heterocycles. The molecular weight excluding hydrogens is 338 g/mol. The predicted octanol–water partition coefficient (Wildman–Crippen LogP) is 2.18. The van der Waals surface area contributed by atoms with Crippen LogP contribution < -0.4 is 15.6 Å². The van der Waals surface area contributed by atoms with Crippen LogP contribution in [-0.2, 0) is 0 Å². The molecule has 25 heavy (non-hydrogen) atoms. The van der Waals surface area contributed by atoms with E-state index in [-0.39, 0.29) is 11.6 Å². The van der Waals surface area contributed by atoms with Crippen molar-refractivity contribution in [2.75, 3.05) is 33.1 Å². The zero-order valence-corrected chi connectivity index (χ0v) is 15.5. The molecule has 0 saturated heterocycles. The van der Waals surface area contributed by atoms with E-state index in [1.807, 2.05) is 32.3 Å². The maximum absolute atomic E-state index is 12.0. The van der Waals surface area contributed by atoms with Crippen LogP contribution in [0.25, 0.3) is 4.96 Å². The van der Waals surface area contributed by atoms with Gasteiger partial charge in [0.25, 0.3) is 5.56 Å². The van der Waals surface area contributed by atoms with Gasteiger partial charge in [-0.3, -0.25) is 4.79 Å². The molecule has 2 aromatic heterocycles. The van der Waals surface area contributed by atoms with E-state index in [0.717, 1.165) is 11.3 Å². The fraction of sp³-hybridized carbons (Fsp3) is 0.353. The minimum atomic E-state index is -0.163. The molecule has 1 N–H and O–H groups in total. The van der Waals surface area contributed by atoms with Crippen LogP contribution in [0.3, 0.4) is 0 Å². The second kappa shape index (κ2) is 7.20. The van der Waals surface area contributed by atoms with E-state index < -0.39 is 0 Å². The molecule has 0 aliphatic carbocycles. The molecule has 7 nitrogen and oxygen atoms in total. The van der Waals surface area contributed by atoms with Crippen molar-refractivity contribution < 1.29 is 4.74 Å². The molecule has 0 bridgehead atoms. The summed E-state index contributed by atoms with van der Waals surface area (Å²) in [5.41, 5.74) is 1.68. The molecular formula is C17H21N5O2S. The van der Waals surface area contributed by atoms with E-state index in [1.165, 1.54) is 21.9 Å². The van der Waals surface area contributed by atoms with Gasteiger partial charge in [-0.05, 0) is 38.7 Å². The molecule has 132 valence electrons. The molecule has 0 fully saturated rings. The maximum Gasteiger partial charge on any atom is 0.275 e. The smallest absolute Gasteiger partial charge is 0.275 e. The lowest BCUT2D eigenvalue weighted by molar-refractivity contribution is 0.310. The Labute approximate surface area is 149 Å². The minimum Gasteiger partial charge on any atom is -0.497 e. The molecule has 1 aromatic carbocycles. The largest absolute Gasteiger partial charge is 0.497 e. The molecule has 1 unspecified atom stereocenters. The summed E-state index contributed by atoms with van der Waals surface area (Å²) in [5.74, 6) is 0.829. The summed E-state index contributed by atoms with van der Waals surface area (Å²) in [6.45, 7) is 2.45. The van der Waals surface area contributed by atoms with Gasteiger partial charge in [0.05, 0.1) is 13.2 Å². The monoisotopic (exact) mass is 359 g/mol. The summed E-state index contributed by atoms with van der Waals surface area (Å²) in [7, 11) is 5.72. The first kappa shape index (κ1) is 17.4. The number of hydrogen-bond donors (Lipinski definition) is 1. The van der Waals surface area contributed by atoms with Gasteiger partial charge in [-0.1, -0.05) is 23.5 Å². The van der Waals surface area contributed by atoms with Crippen LogP contribution in [0.2, 0.25) is 0 Å². The van der Waals surface area contributed by atoms with E-state index in [1.54, 1.807) is 14.0 Å². The number of nitrogens with one attached hydrogen (secondary N) is 1. The molecule has 0 saturated carbocycles. The van der Waals surface area contributed by atoms with Gasteiger partial charge in [-0.15, -0.1) is 5.10 Å². The molecule has 0 spiro atoms. The number of hydrogen-bond acceptors (Lipinski definition) is 7. The number of methoxy groups -OCH3 is 1. The van der Waals surface area contributed by atoms with Gasteiger partial charge in [0.15, 0.2) is 0 Å². The standard InChI is InChI=1S/C17H21N5O2S/c1-11-8-15(23)22-17(19-11)25-16(20-22)18-10-14(21(2)3)12-6-5-7-13(9-12)24-4/h5-9,14H,10H2,1-4H3,(H,18,20). The summed E-state index contributed by atoms with van der Waals surface area (Å²) in [4.78, 5) is 19.0. The third-order valence-electron chi connectivity index (χ3n) is 3.92. The average Bonchev–Trinajstić information content (AvgIpc) is 2.98. The maximum atomic E-state index is 12.0. The van der Waals surface area contributed by atoms with Gasteiger partial charge in [-0.25, -0.2) is 4.98 Å². The van der Waals surface area contributed by atoms with Crippen LogP contribution in [0.5, 0.6) is 5.75 Å². The van der Waals surface area contributed by atoms with E-state index in [4.69, 9.17) is 4.74 Å². The van der Waals surface area contributed by atoms with E-state index in [9.17, 15) is 4.79 Å². The minimum absolute atomic E-state index is 0.133. The Bertz CT molecular complexity index is 934. The van der Waals surface area contributed by atoms with Crippen LogP contribution in [0.1, 0.15) is 17.3 Å². The van der Waals surface area contributed by atoms with Crippen LogP contribution in [-0.4, -0.2) is 47.2 Å². The van der Waals surface area contributed by atoms with Gasteiger partial charge in [0, 0.05) is 18.3 Å². The number of aromatic nitrogens is 3. The zero-order valence-electron chi connectivity index (χ0n) is 14.7. The number of likely N-dealkylation sites (N-methyl/N-ethyl adjacent to an activating group) is 1. The van der Waals surface area contributed by atoms with Gasteiger partial charge in [0.1, 0.15) is 5.75 Å². The predicted molar refractivity (Wildman–Crippen MR) is 99.8 cm³/mol. The number of ether oxygens (including phenoxy) is 1. The highest BCUT2D eigenvalue weighted by Crippen LogP contribution is 2.24. The second-order valence-corrected chi connectivity index (χ2v) is 6.93. The fourth-order valence-corrected chi connectivity index (χ4v) is 3.48. The van der Waals surface area contributed by atoms with E-state index >= 15 is 0 Å². The lowest BCUT2D eigenvalue weighted by Gasteiger charge is -2.25. The number of aryl methyl sites for hydroxylation is 1. The van der Waals surface area contributed by atoms with Crippen molar-refractivity contribution in [2.45, 2.75) is 13.0 Å². The quantitative estimate of drug-likeness (QED) is 0.727. The second-order valence-electron chi connectivity index (χ2n) is 5.97. The van der Waals surface area contributed by atoms with Gasteiger partial charge >= 0.3 is 0 Å². The van der Waals surface area contributed by atoms with Crippen LogP contribution in [0, 0.1) is 6.92 Å². The number of nitrogens with zero attached hydrogens (tertiary/aromatic N) is 4. The highest BCUT2D eigenvalue weighted by molar-refractivity contribution is 7.20. The molecule has 3 rings (SSSR count). The van der Waals surface area contributed by atoms with Crippen LogP contribution in [0.4, 0.5) is 5.13 Å². The normalized spacial score (nSPS) is 12.5. The van der Waals surface area contributed by atoms with Crippen molar-refractivity contribution in [1.82, 2.24) is 19.5 Å².